The number of hydrogen-bond donors (Lipinski definition) is 0. The molecule has 0 aromatic heterocycles. The van der Waals surface area contributed by atoms with E-state index in [9.17, 15) is 0 Å². The Labute approximate surface area is 77.2 Å². The zero-order valence-electron chi connectivity index (χ0n) is 8.47. The van der Waals surface area contributed by atoms with Gasteiger partial charge < -0.3 is 4.90 Å². The van der Waals surface area contributed by atoms with Gasteiger partial charge in [0, 0.05) is 6.04 Å². The fourth-order valence-electron chi connectivity index (χ4n) is 3.20. The van der Waals surface area contributed by atoms with Gasteiger partial charge in [0.2, 0.25) is 0 Å². The Morgan fingerprint density at radius 1 is 1.17 bits per heavy atom. The first-order chi connectivity index (χ1) is 5.72. The van der Waals surface area contributed by atoms with Crippen LogP contribution in [0, 0.1) is 0 Å². The van der Waals surface area contributed by atoms with Crippen LogP contribution in [-0.2, 0) is 0 Å². The van der Waals surface area contributed by atoms with Gasteiger partial charge in [0.25, 0.3) is 0 Å². The van der Waals surface area contributed by atoms with Crippen LogP contribution in [0.2, 0.25) is 18.1 Å². The summed E-state index contributed by atoms with van der Waals surface area (Å²) in [4.78, 5) is 2.61. The Bertz CT molecular complexity index is 151. The molecule has 2 fully saturated rings. The molecule has 0 radical (unpaired) electrons. The van der Waals surface area contributed by atoms with E-state index in [2.05, 4.69) is 18.9 Å². The number of hydrogen-bond acceptors (Lipinski definition) is 1. The molecule has 1 atom stereocenters. The summed E-state index contributed by atoms with van der Waals surface area (Å²) in [5.41, 5.74) is 0. The summed E-state index contributed by atoms with van der Waals surface area (Å²) in [5.74, 6) is 0. The van der Waals surface area contributed by atoms with Crippen LogP contribution in [0.25, 0.3) is 0 Å². The summed E-state index contributed by atoms with van der Waals surface area (Å²) < 4.78 is 0. The summed E-state index contributed by atoms with van der Waals surface area (Å²) >= 11 is 0. The van der Waals surface area contributed by atoms with E-state index in [1.807, 2.05) is 0 Å². The van der Waals surface area contributed by atoms with Gasteiger partial charge in [0.1, 0.15) is 0 Å². The van der Waals surface area contributed by atoms with Crippen molar-refractivity contribution in [3.05, 3.63) is 0 Å². The van der Waals surface area contributed by atoms with E-state index in [0.29, 0.717) is 0 Å². The molecule has 70 valence electrons. The van der Waals surface area contributed by atoms with E-state index in [1.54, 1.807) is 31.0 Å². The first-order valence-electron chi connectivity index (χ1n) is 5.42. The largest absolute Gasteiger partial charge is 0.307 e. The summed E-state index contributed by atoms with van der Waals surface area (Å²) in [5, 5.41) is 0. The van der Waals surface area contributed by atoms with E-state index in [1.165, 1.54) is 12.6 Å². The van der Waals surface area contributed by atoms with Crippen LogP contribution >= 0.6 is 0 Å². The first-order valence-corrected chi connectivity index (χ1v) is 8.25. The molecular formula is C10H21NSi. The SMILES string of the molecule is CC1C[Si]2(CCCCC2)CN1C. The van der Waals surface area contributed by atoms with E-state index >= 15 is 0 Å². The second-order valence-corrected chi connectivity index (χ2v) is 9.75. The van der Waals surface area contributed by atoms with Crippen molar-refractivity contribution < 1.29 is 0 Å². The van der Waals surface area contributed by atoms with Crippen LogP contribution in [0.1, 0.15) is 26.2 Å². The fourth-order valence-corrected chi connectivity index (χ4v) is 9.23. The summed E-state index contributed by atoms with van der Waals surface area (Å²) in [6, 6.07) is 5.78. The minimum Gasteiger partial charge on any atom is -0.307 e. The van der Waals surface area contributed by atoms with Crippen molar-refractivity contribution in [1.82, 2.24) is 4.90 Å². The third kappa shape index (κ3) is 1.47. The van der Waals surface area contributed by atoms with Gasteiger partial charge in [-0.1, -0.05) is 31.4 Å². The molecule has 2 heteroatoms. The molecule has 0 N–H and O–H groups in total. The van der Waals surface area contributed by atoms with E-state index in [4.69, 9.17) is 0 Å². The fraction of sp³-hybridized carbons (Fsp3) is 1.00. The predicted molar refractivity (Wildman–Crippen MR) is 56.1 cm³/mol. The van der Waals surface area contributed by atoms with Crippen molar-refractivity contribution in [2.45, 2.75) is 50.4 Å². The molecule has 0 aromatic rings. The first kappa shape index (κ1) is 8.76. The maximum Gasteiger partial charge on any atom is 0.0705 e. The average molecular weight is 183 g/mol. The second-order valence-electron chi connectivity index (χ2n) is 5.03. The molecule has 0 aliphatic carbocycles. The third-order valence-corrected chi connectivity index (χ3v) is 9.43. The molecule has 1 nitrogen and oxygen atoms in total. The van der Waals surface area contributed by atoms with Crippen molar-refractivity contribution in [3.63, 3.8) is 0 Å². The Morgan fingerprint density at radius 3 is 2.33 bits per heavy atom. The Balaban J connectivity index is 2.02. The highest BCUT2D eigenvalue weighted by Gasteiger charge is 2.42. The van der Waals surface area contributed by atoms with Crippen molar-refractivity contribution >= 4 is 8.07 Å². The van der Waals surface area contributed by atoms with Gasteiger partial charge in [0.15, 0.2) is 0 Å². The molecule has 0 aromatic carbocycles. The number of rotatable bonds is 0. The van der Waals surface area contributed by atoms with Gasteiger partial charge in [0.05, 0.1) is 8.07 Å². The quantitative estimate of drug-likeness (QED) is 0.522. The molecule has 12 heavy (non-hydrogen) atoms. The minimum atomic E-state index is -0.720. The van der Waals surface area contributed by atoms with Crippen molar-refractivity contribution in [2.75, 3.05) is 13.2 Å². The molecule has 2 heterocycles. The lowest BCUT2D eigenvalue weighted by Crippen LogP contribution is -2.39. The van der Waals surface area contributed by atoms with Crippen LogP contribution in [-0.4, -0.2) is 32.2 Å². The zero-order valence-corrected chi connectivity index (χ0v) is 9.47. The monoisotopic (exact) mass is 183 g/mol. The lowest BCUT2D eigenvalue weighted by atomic mass is 10.3. The van der Waals surface area contributed by atoms with E-state index in [-0.39, 0.29) is 0 Å². The van der Waals surface area contributed by atoms with Gasteiger partial charge in [-0.25, -0.2) is 0 Å². The van der Waals surface area contributed by atoms with Gasteiger partial charge in [-0.15, -0.1) is 0 Å². The van der Waals surface area contributed by atoms with E-state index in [0.717, 1.165) is 6.04 Å². The second kappa shape index (κ2) is 3.15. The Morgan fingerprint density at radius 2 is 1.83 bits per heavy atom. The Kier molecular flexibility index (Phi) is 2.30. The van der Waals surface area contributed by atoms with Gasteiger partial charge in [-0.3, -0.25) is 0 Å². The highest BCUT2D eigenvalue weighted by atomic mass is 28.3. The molecule has 1 unspecified atom stereocenters. The van der Waals surface area contributed by atoms with Gasteiger partial charge in [-0.2, -0.15) is 0 Å². The summed E-state index contributed by atoms with van der Waals surface area (Å²) in [6.45, 7) is 2.41. The smallest absolute Gasteiger partial charge is 0.0705 e. The summed E-state index contributed by atoms with van der Waals surface area (Å²) in [7, 11) is 1.60. The van der Waals surface area contributed by atoms with Crippen LogP contribution in [0.3, 0.4) is 0 Å². The molecule has 0 amide bonds. The minimum absolute atomic E-state index is 0.720. The van der Waals surface area contributed by atoms with Gasteiger partial charge >= 0.3 is 0 Å². The number of nitrogens with zero attached hydrogens (tertiary/aromatic N) is 1. The Hall–Kier alpha value is 0.177. The topological polar surface area (TPSA) is 3.24 Å². The molecule has 2 saturated heterocycles. The van der Waals surface area contributed by atoms with Crippen LogP contribution in [0.5, 0.6) is 0 Å². The zero-order chi connectivity index (χ0) is 8.60. The highest BCUT2D eigenvalue weighted by Crippen LogP contribution is 2.38. The van der Waals surface area contributed by atoms with Crippen molar-refractivity contribution in [3.8, 4) is 0 Å². The standard InChI is InChI=1S/C10H21NSi/c1-10-8-12(9-11(10)2)6-4-3-5-7-12/h10H,3-9H2,1-2H3. The average Bonchev–Trinajstić information content (AvgIpc) is 2.29. The molecule has 0 bridgehead atoms. The van der Waals surface area contributed by atoms with Crippen LogP contribution in [0.4, 0.5) is 0 Å². The summed E-state index contributed by atoms with van der Waals surface area (Å²) in [6.07, 6.45) is 6.13. The molecule has 1 spiro atoms. The van der Waals surface area contributed by atoms with Gasteiger partial charge in [-0.05, 0) is 26.2 Å². The normalized spacial score (nSPS) is 36.0. The van der Waals surface area contributed by atoms with Crippen molar-refractivity contribution in [2.24, 2.45) is 0 Å². The lowest BCUT2D eigenvalue weighted by molar-refractivity contribution is 0.341. The van der Waals surface area contributed by atoms with Crippen LogP contribution < -0.4 is 0 Å². The maximum absolute atomic E-state index is 2.61. The highest BCUT2D eigenvalue weighted by molar-refractivity contribution is 6.81. The molecular weight excluding hydrogens is 162 g/mol. The van der Waals surface area contributed by atoms with Crippen LogP contribution in [0.15, 0.2) is 0 Å². The van der Waals surface area contributed by atoms with Crippen molar-refractivity contribution in [1.29, 1.82) is 0 Å². The third-order valence-electron chi connectivity index (χ3n) is 3.98. The molecule has 2 rings (SSSR count). The van der Waals surface area contributed by atoms with E-state index < -0.39 is 8.07 Å². The molecule has 2 aliphatic heterocycles. The maximum atomic E-state index is 2.61. The predicted octanol–water partition coefficient (Wildman–Crippen LogP) is 2.49. The molecule has 0 saturated carbocycles. The molecule has 2 aliphatic rings. The lowest BCUT2D eigenvalue weighted by Gasteiger charge is -2.30.